The van der Waals surface area contributed by atoms with Crippen LogP contribution in [0.3, 0.4) is 0 Å². The highest BCUT2D eigenvalue weighted by molar-refractivity contribution is 5.99. The summed E-state index contributed by atoms with van der Waals surface area (Å²) in [5, 5.41) is 0. The monoisotopic (exact) mass is 281 g/mol. The maximum absolute atomic E-state index is 13.5. The summed E-state index contributed by atoms with van der Waals surface area (Å²) >= 11 is 0. The first-order chi connectivity index (χ1) is 9.49. The van der Waals surface area contributed by atoms with Crippen LogP contribution in [-0.4, -0.2) is 29.7 Å². The normalized spacial score (nSPS) is 19.9. The second kappa shape index (κ2) is 6.11. The number of nitrogens with zero attached hydrogens (tertiary/aromatic N) is 1. The fourth-order valence-electron chi connectivity index (χ4n) is 2.36. The lowest BCUT2D eigenvalue weighted by Crippen LogP contribution is -2.35. The second-order valence-electron chi connectivity index (χ2n) is 5.27. The molecular formula is C15H17F2NO2. The second-order valence-corrected chi connectivity index (χ2v) is 5.27. The van der Waals surface area contributed by atoms with Gasteiger partial charge in [0.05, 0.1) is 12.1 Å². The molecule has 5 heteroatoms. The highest BCUT2D eigenvalue weighted by Gasteiger charge is 2.25. The average molecular weight is 281 g/mol. The van der Waals surface area contributed by atoms with Crippen LogP contribution in [0.1, 0.15) is 36.5 Å². The van der Waals surface area contributed by atoms with Gasteiger partial charge in [0.2, 0.25) is 5.91 Å². The molecule has 0 aliphatic carbocycles. The van der Waals surface area contributed by atoms with Gasteiger partial charge in [0.1, 0.15) is 11.6 Å². The van der Waals surface area contributed by atoms with Crippen molar-refractivity contribution in [1.29, 1.82) is 0 Å². The van der Waals surface area contributed by atoms with Gasteiger partial charge >= 0.3 is 0 Å². The first-order valence-electron chi connectivity index (χ1n) is 6.74. The van der Waals surface area contributed by atoms with Crippen LogP contribution < -0.4 is 0 Å². The predicted octanol–water partition coefficient (Wildman–Crippen LogP) is 2.80. The molecule has 1 saturated heterocycles. The van der Waals surface area contributed by atoms with E-state index in [9.17, 15) is 18.4 Å². The zero-order valence-corrected chi connectivity index (χ0v) is 11.4. The van der Waals surface area contributed by atoms with Crippen molar-refractivity contribution in [2.45, 2.75) is 26.2 Å². The van der Waals surface area contributed by atoms with E-state index in [1.165, 1.54) is 11.0 Å². The Bertz CT molecular complexity index is 510. The van der Waals surface area contributed by atoms with Gasteiger partial charge in [-0.1, -0.05) is 13.0 Å². The van der Waals surface area contributed by atoms with E-state index in [-0.39, 0.29) is 12.5 Å². The van der Waals surface area contributed by atoms with Crippen molar-refractivity contribution >= 4 is 11.7 Å². The van der Waals surface area contributed by atoms with Crippen LogP contribution in [0.25, 0.3) is 0 Å². The number of carbonyl (C=O) groups is 2. The minimum Gasteiger partial charge on any atom is -0.335 e. The molecule has 1 unspecified atom stereocenters. The van der Waals surface area contributed by atoms with Crippen molar-refractivity contribution in [1.82, 2.24) is 4.90 Å². The first-order valence-corrected chi connectivity index (χ1v) is 6.74. The van der Waals surface area contributed by atoms with E-state index >= 15 is 0 Å². The molecule has 0 spiro atoms. The number of benzene rings is 1. The standard InChI is InChI=1S/C15H17F2NO2/c1-10-5-6-14(20)18(8-7-10)9-13(19)15-11(16)3-2-4-12(15)17/h2-4,10H,5-9H2,1H3. The average Bonchev–Trinajstić information content (AvgIpc) is 2.54. The number of hydrogen-bond donors (Lipinski definition) is 0. The van der Waals surface area contributed by atoms with Crippen molar-refractivity contribution < 1.29 is 18.4 Å². The maximum atomic E-state index is 13.5. The van der Waals surface area contributed by atoms with Gasteiger partial charge in [-0.05, 0) is 30.9 Å². The molecule has 1 fully saturated rings. The molecule has 0 saturated carbocycles. The van der Waals surface area contributed by atoms with Crippen LogP contribution in [0.2, 0.25) is 0 Å². The van der Waals surface area contributed by atoms with Gasteiger partial charge in [-0.25, -0.2) is 8.78 Å². The van der Waals surface area contributed by atoms with E-state index in [2.05, 4.69) is 6.92 Å². The Labute approximate surface area is 116 Å². The Morgan fingerprint density at radius 1 is 1.30 bits per heavy atom. The van der Waals surface area contributed by atoms with Crippen LogP contribution in [0.4, 0.5) is 8.78 Å². The molecule has 1 heterocycles. The lowest BCUT2D eigenvalue weighted by Gasteiger charge is -2.20. The fourth-order valence-corrected chi connectivity index (χ4v) is 2.36. The summed E-state index contributed by atoms with van der Waals surface area (Å²) in [7, 11) is 0. The summed E-state index contributed by atoms with van der Waals surface area (Å²) in [6.07, 6.45) is 1.98. The third-order valence-electron chi connectivity index (χ3n) is 3.67. The number of carbonyl (C=O) groups excluding carboxylic acids is 2. The molecule has 1 aliphatic heterocycles. The van der Waals surface area contributed by atoms with Gasteiger partial charge < -0.3 is 4.90 Å². The van der Waals surface area contributed by atoms with E-state index in [1.54, 1.807) is 0 Å². The Morgan fingerprint density at radius 2 is 1.95 bits per heavy atom. The number of Topliss-reactive ketones (excluding diaryl/α,β-unsaturated/α-hetero) is 1. The summed E-state index contributed by atoms with van der Waals surface area (Å²) in [4.78, 5) is 25.3. The minimum absolute atomic E-state index is 0.126. The molecule has 2 rings (SSSR count). The van der Waals surface area contributed by atoms with Gasteiger partial charge in [0.25, 0.3) is 0 Å². The summed E-state index contributed by atoms with van der Waals surface area (Å²) in [5.74, 6) is -2.16. The number of rotatable bonds is 3. The molecule has 1 amide bonds. The molecule has 0 bridgehead atoms. The Morgan fingerprint density at radius 3 is 2.60 bits per heavy atom. The molecule has 0 aromatic heterocycles. The fraction of sp³-hybridized carbons (Fsp3) is 0.467. The largest absolute Gasteiger partial charge is 0.335 e. The smallest absolute Gasteiger partial charge is 0.222 e. The van der Waals surface area contributed by atoms with E-state index < -0.39 is 23.0 Å². The number of halogens is 2. The number of likely N-dealkylation sites (tertiary alicyclic amines) is 1. The van der Waals surface area contributed by atoms with Crippen molar-refractivity contribution in [3.63, 3.8) is 0 Å². The molecule has 3 nitrogen and oxygen atoms in total. The van der Waals surface area contributed by atoms with Crippen LogP contribution in [0.5, 0.6) is 0 Å². The zero-order valence-electron chi connectivity index (χ0n) is 11.4. The van der Waals surface area contributed by atoms with Crippen LogP contribution in [0, 0.1) is 17.6 Å². The van der Waals surface area contributed by atoms with E-state index in [0.717, 1.165) is 25.0 Å². The predicted molar refractivity (Wildman–Crippen MR) is 70.3 cm³/mol. The zero-order chi connectivity index (χ0) is 14.7. The maximum Gasteiger partial charge on any atom is 0.222 e. The molecule has 0 radical (unpaired) electrons. The highest BCUT2D eigenvalue weighted by Crippen LogP contribution is 2.19. The van der Waals surface area contributed by atoms with Crippen LogP contribution >= 0.6 is 0 Å². The molecular weight excluding hydrogens is 264 g/mol. The van der Waals surface area contributed by atoms with Crippen molar-refractivity contribution in [2.75, 3.05) is 13.1 Å². The quantitative estimate of drug-likeness (QED) is 0.799. The van der Waals surface area contributed by atoms with E-state index in [0.29, 0.717) is 18.9 Å². The first kappa shape index (κ1) is 14.6. The molecule has 1 aliphatic rings. The SMILES string of the molecule is CC1CCC(=O)N(CC(=O)c2c(F)cccc2F)CC1. The Kier molecular flexibility index (Phi) is 4.47. The summed E-state index contributed by atoms with van der Waals surface area (Å²) in [6.45, 7) is 2.25. The molecule has 108 valence electrons. The van der Waals surface area contributed by atoms with Gasteiger partial charge in [-0.3, -0.25) is 9.59 Å². The topological polar surface area (TPSA) is 37.4 Å². The summed E-state index contributed by atoms with van der Waals surface area (Å²) in [5.41, 5.74) is -0.558. The number of hydrogen-bond acceptors (Lipinski definition) is 2. The van der Waals surface area contributed by atoms with E-state index in [1.807, 2.05) is 0 Å². The van der Waals surface area contributed by atoms with Gasteiger partial charge in [-0.2, -0.15) is 0 Å². The third kappa shape index (κ3) is 3.21. The number of amides is 1. The third-order valence-corrected chi connectivity index (χ3v) is 3.67. The van der Waals surface area contributed by atoms with Gasteiger partial charge in [-0.15, -0.1) is 0 Å². The van der Waals surface area contributed by atoms with Crippen molar-refractivity contribution in [3.8, 4) is 0 Å². The van der Waals surface area contributed by atoms with Gasteiger partial charge in [0.15, 0.2) is 5.78 Å². The van der Waals surface area contributed by atoms with E-state index in [4.69, 9.17) is 0 Å². The molecule has 1 aromatic rings. The van der Waals surface area contributed by atoms with Crippen LogP contribution in [-0.2, 0) is 4.79 Å². The minimum atomic E-state index is -0.884. The lowest BCUT2D eigenvalue weighted by molar-refractivity contribution is -0.130. The Balaban J connectivity index is 2.13. The lowest BCUT2D eigenvalue weighted by atomic mass is 10.0. The van der Waals surface area contributed by atoms with Crippen LogP contribution in [0.15, 0.2) is 18.2 Å². The van der Waals surface area contributed by atoms with Crippen molar-refractivity contribution in [3.05, 3.63) is 35.4 Å². The molecule has 20 heavy (non-hydrogen) atoms. The molecule has 1 atom stereocenters. The molecule has 1 aromatic carbocycles. The highest BCUT2D eigenvalue weighted by atomic mass is 19.1. The van der Waals surface area contributed by atoms with Gasteiger partial charge in [0, 0.05) is 13.0 Å². The molecule has 0 N–H and O–H groups in total. The summed E-state index contributed by atoms with van der Waals surface area (Å²) in [6, 6.07) is 3.30. The summed E-state index contributed by atoms with van der Waals surface area (Å²) < 4.78 is 27.1. The van der Waals surface area contributed by atoms with Crippen molar-refractivity contribution in [2.24, 2.45) is 5.92 Å². The number of ketones is 1. The Hall–Kier alpha value is -1.78.